The van der Waals surface area contributed by atoms with E-state index in [0.29, 0.717) is 24.4 Å². The van der Waals surface area contributed by atoms with Crippen LogP contribution in [0, 0.1) is 0 Å². The highest BCUT2D eigenvalue weighted by Gasteiger charge is 2.12. The number of anilines is 1. The Morgan fingerprint density at radius 1 is 0.966 bits per heavy atom. The van der Waals surface area contributed by atoms with Gasteiger partial charge in [0.1, 0.15) is 11.4 Å². The topological polar surface area (TPSA) is 80.3 Å². The van der Waals surface area contributed by atoms with Crippen molar-refractivity contribution >= 4 is 17.5 Å². The first-order valence-corrected chi connectivity index (χ1v) is 9.48. The van der Waals surface area contributed by atoms with Crippen molar-refractivity contribution in [3.05, 3.63) is 89.7 Å². The van der Waals surface area contributed by atoms with Gasteiger partial charge in [-0.15, -0.1) is 0 Å². The lowest BCUT2D eigenvalue weighted by atomic mass is 10.1. The van der Waals surface area contributed by atoms with Crippen LogP contribution in [-0.2, 0) is 6.42 Å². The Labute approximate surface area is 169 Å². The molecular formula is C23H23N3O3. The fourth-order valence-electron chi connectivity index (χ4n) is 2.76. The largest absolute Gasteiger partial charge is 0.494 e. The Hall–Kier alpha value is -3.67. The minimum atomic E-state index is -0.381. The number of hydrogen-bond donors (Lipinski definition) is 2. The zero-order chi connectivity index (χ0) is 20.5. The third-order valence-corrected chi connectivity index (χ3v) is 4.22. The summed E-state index contributed by atoms with van der Waals surface area (Å²) in [5.74, 6) is 0.115. The van der Waals surface area contributed by atoms with Crippen LogP contribution >= 0.6 is 0 Å². The van der Waals surface area contributed by atoms with Gasteiger partial charge in [0.25, 0.3) is 11.8 Å². The number of hydrogen-bond acceptors (Lipinski definition) is 4. The molecular weight excluding hydrogens is 366 g/mol. The lowest BCUT2D eigenvalue weighted by Crippen LogP contribution is -2.26. The maximum atomic E-state index is 12.5. The molecule has 29 heavy (non-hydrogen) atoms. The summed E-state index contributed by atoms with van der Waals surface area (Å²) in [6, 6.07) is 20.1. The van der Waals surface area contributed by atoms with Gasteiger partial charge in [0.05, 0.1) is 6.61 Å². The van der Waals surface area contributed by atoms with Crippen molar-refractivity contribution in [3.8, 4) is 5.75 Å². The van der Waals surface area contributed by atoms with Crippen LogP contribution < -0.4 is 15.4 Å². The van der Waals surface area contributed by atoms with Crippen LogP contribution in [-0.4, -0.2) is 29.9 Å². The molecule has 0 unspecified atom stereocenters. The predicted octanol–water partition coefficient (Wildman–Crippen LogP) is 3.71. The molecule has 0 aliphatic heterocycles. The molecule has 0 atom stereocenters. The van der Waals surface area contributed by atoms with Gasteiger partial charge in [-0.3, -0.25) is 14.6 Å². The quantitative estimate of drug-likeness (QED) is 0.616. The van der Waals surface area contributed by atoms with Crippen LogP contribution in [0.4, 0.5) is 5.69 Å². The fourth-order valence-corrected chi connectivity index (χ4v) is 2.76. The molecule has 0 aliphatic carbocycles. The van der Waals surface area contributed by atoms with Gasteiger partial charge >= 0.3 is 0 Å². The number of benzene rings is 2. The highest BCUT2D eigenvalue weighted by molar-refractivity contribution is 6.04. The zero-order valence-corrected chi connectivity index (χ0v) is 16.2. The first-order valence-electron chi connectivity index (χ1n) is 9.48. The predicted molar refractivity (Wildman–Crippen MR) is 112 cm³/mol. The monoisotopic (exact) mass is 389 g/mol. The van der Waals surface area contributed by atoms with E-state index in [1.807, 2.05) is 37.3 Å². The van der Waals surface area contributed by atoms with Gasteiger partial charge in [0.15, 0.2) is 0 Å². The molecule has 0 saturated carbocycles. The molecule has 1 aromatic heterocycles. The fraction of sp³-hybridized carbons (Fsp3) is 0.174. The summed E-state index contributed by atoms with van der Waals surface area (Å²) in [6.45, 7) is 3.00. The number of rotatable bonds is 8. The lowest BCUT2D eigenvalue weighted by Gasteiger charge is -2.08. The van der Waals surface area contributed by atoms with E-state index in [1.54, 1.807) is 30.3 Å². The standard InChI is InChI=1S/C23H23N3O3/c1-2-29-20-10-8-19(9-11-20)26-23(28)21-16-18(13-15-24-21)22(27)25-14-12-17-6-4-3-5-7-17/h3-11,13,15-16H,2,12,14H2,1H3,(H,25,27)(H,26,28). The molecule has 0 saturated heterocycles. The third-order valence-electron chi connectivity index (χ3n) is 4.22. The van der Waals surface area contributed by atoms with Gasteiger partial charge in [-0.2, -0.15) is 0 Å². The minimum absolute atomic E-state index is 0.176. The normalized spacial score (nSPS) is 10.2. The number of nitrogens with zero attached hydrogens (tertiary/aromatic N) is 1. The van der Waals surface area contributed by atoms with Crippen molar-refractivity contribution < 1.29 is 14.3 Å². The Balaban J connectivity index is 1.57. The summed E-state index contributed by atoms with van der Waals surface area (Å²) in [7, 11) is 0. The molecule has 6 nitrogen and oxygen atoms in total. The number of aromatic nitrogens is 1. The average molecular weight is 389 g/mol. The highest BCUT2D eigenvalue weighted by Crippen LogP contribution is 2.16. The summed E-state index contributed by atoms with van der Waals surface area (Å²) in [4.78, 5) is 28.9. The van der Waals surface area contributed by atoms with Crippen LogP contribution in [0.1, 0.15) is 33.3 Å². The molecule has 2 amide bonds. The van der Waals surface area contributed by atoms with E-state index < -0.39 is 0 Å². The van der Waals surface area contributed by atoms with Crippen LogP contribution in [0.3, 0.4) is 0 Å². The first-order chi connectivity index (χ1) is 14.2. The molecule has 2 aromatic carbocycles. The van der Waals surface area contributed by atoms with Crippen molar-refractivity contribution in [1.29, 1.82) is 0 Å². The van der Waals surface area contributed by atoms with E-state index in [9.17, 15) is 9.59 Å². The Morgan fingerprint density at radius 2 is 1.72 bits per heavy atom. The van der Waals surface area contributed by atoms with Gasteiger partial charge in [0.2, 0.25) is 0 Å². The van der Waals surface area contributed by atoms with Crippen molar-refractivity contribution in [1.82, 2.24) is 10.3 Å². The van der Waals surface area contributed by atoms with E-state index in [2.05, 4.69) is 15.6 Å². The van der Waals surface area contributed by atoms with Crippen LogP contribution in [0.15, 0.2) is 72.9 Å². The van der Waals surface area contributed by atoms with Gasteiger partial charge in [-0.05, 0) is 55.3 Å². The Bertz CT molecular complexity index is 957. The number of carbonyl (C=O) groups is 2. The van der Waals surface area contributed by atoms with Gasteiger partial charge in [0, 0.05) is 24.0 Å². The second-order valence-corrected chi connectivity index (χ2v) is 6.33. The SMILES string of the molecule is CCOc1ccc(NC(=O)c2cc(C(=O)NCCc3ccccc3)ccn2)cc1. The van der Waals surface area contributed by atoms with E-state index >= 15 is 0 Å². The number of ether oxygens (including phenoxy) is 1. The lowest BCUT2D eigenvalue weighted by molar-refractivity contribution is 0.0954. The molecule has 0 fully saturated rings. The average Bonchev–Trinajstić information content (AvgIpc) is 2.76. The van der Waals surface area contributed by atoms with Gasteiger partial charge < -0.3 is 15.4 Å². The van der Waals surface area contributed by atoms with Crippen molar-refractivity contribution in [2.75, 3.05) is 18.5 Å². The Morgan fingerprint density at radius 3 is 2.45 bits per heavy atom. The summed E-state index contributed by atoms with van der Waals surface area (Å²) in [5.41, 5.74) is 2.34. The van der Waals surface area contributed by atoms with Crippen molar-refractivity contribution in [2.24, 2.45) is 0 Å². The molecule has 0 spiro atoms. The van der Waals surface area contributed by atoms with Crippen LogP contribution in [0.25, 0.3) is 0 Å². The maximum Gasteiger partial charge on any atom is 0.274 e. The summed E-state index contributed by atoms with van der Waals surface area (Å²) < 4.78 is 5.38. The van der Waals surface area contributed by atoms with Crippen LogP contribution in [0.5, 0.6) is 5.75 Å². The Kier molecular flexibility index (Phi) is 6.95. The molecule has 1 heterocycles. The number of nitrogens with one attached hydrogen (secondary N) is 2. The smallest absolute Gasteiger partial charge is 0.274 e. The molecule has 6 heteroatoms. The zero-order valence-electron chi connectivity index (χ0n) is 16.2. The number of amides is 2. The maximum absolute atomic E-state index is 12.5. The second kappa shape index (κ2) is 10.0. The molecule has 0 bridgehead atoms. The van der Waals surface area contributed by atoms with E-state index in [0.717, 1.165) is 17.7 Å². The molecule has 3 aromatic rings. The third kappa shape index (κ3) is 5.90. The van der Waals surface area contributed by atoms with Gasteiger partial charge in [-0.25, -0.2) is 0 Å². The molecule has 0 radical (unpaired) electrons. The number of carbonyl (C=O) groups excluding carboxylic acids is 2. The minimum Gasteiger partial charge on any atom is -0.494 e. The molecule has 148 valence electrons. The van der Waals surface area contributed by atoms with Crippen LogP contribution in [0.2, 0.25) is 0 Å². The van der Waals surface area contributed by atoms with Crippen molar-refractivity contribution in [3.63, 3.8) is 0 Å². The highest BCUT2D eigenvalue weighted by atomic mass is 16.5. The summed E-state index contributed by atoms with van der Waals surface area (Å²) >= 11 is 0. The van der Waals surface area contributed by atoms with E-state index in [4.69, 9.17) is 4.74 Å². The van der Waals surface area contributed by atoms with E-state index in [-0.39, 0.29) is 17.5 Å². The first kappa shape index (κ1) is 20.1. The van der Waals surface area contributed by atoms with Crippen molar-refractivity contribution in [2.45, 2.75) is 13.3 Å². The second-order valence-electron chi connectivity index (χ2n) is 6.33. The molecule has 0 aliphatic rings. The summed E-state index contributed by atoms with van der Waals surface area (Å²) in [6.07, 6.45) is 2.20. The van der Waals surface area contributed by atoms with Gasteiger partial charge in [-0.1, -0.05) is 30.3 Å². The molecule has 3 rings (SSSR count). The molecule has 2 N–H and O–H groups in total. The summed E-state index contributed by atoms with van der Waals surface area (Å²) in [5, 5.41) is 5.64. The number of pyridine rings is 1. The van der Waals surface area contributed by atoms with E-state index in [1.165, 1.54) is 12.3 Å².